The first-order valence-corrected chi connectivity index (χ1v) is 8.47. The molecule has 0 aliphatic rings. The smallest absolute Gasteiger partial charge is 0.118 e. The van der Waals surface area contributed by atoms with Gasteiger partial charge in [-0.3, -0.25) is 4.90 Å². The second-order valence-corrected chi connectivity index (χ2v) is 6.27. The molecular formula is C15H28N2OS. The van der Waals surface area contributed by atoms with E-state index in [9.17, 15) is 0 Å². The Morgan fingerprint density at radius 2 is 1.79 bits per heavy atom. The molecule has 1 aromatic rings. The maximum atomic E-state index is 5.73. The number of thioether (sulfide) groups is 1. The maximum Gasteiger partial charge on any atom is 0.118 e. The fraction of sp³-hybridized carbons (Fsp3) is 0.733. The zero-order valence-corrected chi connectivity index (χ0v) is 13.7. The van der Waals surface area contributed by atoms with Crippen molar-refractivity contribution in [2.24, 2.45) is 0 Å². The van der Waals surface area contributed by atoms with E-state index in [1.54, 1.807) is 11.8 Å². The summed E-state index contributed by atoms with van der Waals surface area (Å²) in [6.07, 6.45) is 2.09. The third-order valence-corrected chi connectivity index (χ3v) is 3.75. The Bertz CT molecular complexity index is 342. The number of nitrogens with zero attached hydrogens (tertiary/aromatic N) is 1. The summed E-state index contributed by atoms with van der Waals surface area (Å²) in [5.74, 6) is 3.05. The molecule has 1 aromatic heterocycles. The Labute approximate surface area is 122 Å². The van der Waals surface area contributed by atoms with E-state index in [0.717, 1.165) is 36.9 Å². The summed E-state index contributed by atoms with van der Waals surface area (Å²) in [7, 11) is 0. The normalized spacial score (nSPS) is 12.0. The molecule has 0 aliphatic carbocycles. The van der Waals surface area contributed by atoms with E-state index in [1.807, 2.05) is 0 Å². The fourth-order valence-corrected chi connectivity index (χ4v) is 2.71. The molecule has 19 heavy (non-hydrogen) atoms. The quantitative estimate of drug-likeness (QED) is 0.704. The lowest BCUT2D eigenvalue weighted by atomic mass is 10.2. The van der Waals surface area contributed by atoms with Gasteiger partial charge in [0, 0.05) is 25.2 Å². The van der Waals surface area contributed by atoms with Crippen LogP contribution >= 0.6 is 11.8 Å². The highest BCUT2D eigenvalue weighted by Gasteiger charge is 2.12. The van der Waals surface area contributed by atoms with E-state index in [0.29, 0.717) is 12.1 Å². The van der Waals surface area contributed by atoms with Crippen molar-refractivity contribution in [2.75, 3.05) is 19.3 Å². The first-order chi connectivity index (χ1) is 9.04. The summed E-state index contributed by atoms with van der Waals surface area (Å²) in [4.78, 5) is 2.49. The average molecular weight is 284 g/mol. The second kappa shape index (κ2) is 8.67. The predicted octanol–water partition coefficient (Wildman–Crippen LogP) is 3.35. The first-order valence-electron chi connectivity index (χ1n) is 7.07. The van der Waals surface area contributed by atoms with E-state index in [-0.39, 0.29) is 0 Å². The van der Waals surface area contributed by atoms with Crippen LogP contribution in [0.5, 0.6) is 0 Å². The van der Waals surface area contributed by atoms with Gasteiger partial charge in [0.05, 0.1) is 12.3 Å². The summed E-state index contributed by atoms with van der Waals surface area (Å²) in [5.41, 5.74) is 0. The van der Waals surface area contributed by atoms with E-state index < -0.39 is 0 Å². The molecule has 0 amide bonds. The molecule has 1 rings (SSSR count). The van der Waals surface area contributed by atoms with Gasteiger partial charge in [0.15, 0.2) is 0 Å². The zero-order chi connectivity index (χ0) is 14.3. The minimum Gasteiger partial charge on any atom is -0.464 e. The summed E-state index contributed by atoms with van der Waals surface area (Å²) in [6.45, 7) is 11.9. The monoisotopic (exact) mass is 284 g/mol. The molecule has 0 unspecified atom stereocenters. The van der Waals surface area contributed by atoms with E-state index in [2.05, 4.69) is 56.3 Å². The largest absolute Gasteiger partial charge is 0.464 e. The lowest BCUT2D eigenvalue weighted by molar-refractivity contribution is 0.175. The lowest BCUT2D eigenvalue weighted by Gasteiger charge is -2.30. The molecule has 0 spiro atoms. The van der Waals surface area contributed by atoms with Crippen LogP contribution in [0.4, 0.5) is 0 Å². The molecule has 0 bridgehead atoms. The van der Waals surface area contributed by atoms with E-state index >= 15 is 0 Å². The summed E-state index contributed by atoms with van der Waals surface area (Å²) in [6, 6.07) is 5.33. The maximum absolute atomic E-state index is 5.73. The SMILES string of the molecule is CSCc1ccc(CNCCN(C(C)C)C(C)C)o1. The van der Waals surface area contributed by atoms with Crippen LogP contribution in [0.25, 0.3) is 0 Å². The van der Waals surface area contributed by atoms with Gasteiger partial charge in [-0.2, -0.15) is 11.8 Å². The molecule has 3 nitrogen and oxygen atoms in total. The van der Waals surface area contributed by atoms with E-state index in [4.69, 9.17) is 4.42 Å². The third-order valence-electron chi connectivity index (χ3n) is 3.18. The summed E-state index contributed by atoms with van der Waals surface area (Å²) in [5, 5.41) is 3.46. The first kappa shape index (κ1) is 16.6. The van der Waals surface area contributed by atoms with Crippen molar-refractivity contribution >= 4 is 11.8 Å². The van der Waals surface area contributed by atoms with Crippen LogP contribution < -0.4 is 5.32 Å². The molecule has 0 atom stereocenters. The van der Waals surface area contributed by atoms with E-state index in [1.165, 1.54) is 0 Å². The van der Waals surface area contributed by atoms with Gasteiger partial charge >= 0.3 is 0 Å². The Kier molecular flexibility index (Phi) is 7.57. The van der Waals surface area contributed by atoms with Gasteiger partial charge in [0.2, 0.25) is 0 Å². The second-order valence-electron chi connectivity index (χ2n) is 5.40. The Hall–Kier alpha value is -0.450. The van der Waals surface area contributed by atoms with Crippen LogP contribution in [-0.2, 0) is 12.3 Å². The minimum absolute atomic E-state index is 0.596. The lowest BCUT2D eigenvalue weighted by Crippen LogP contribution is -2.41. The summed E-state index contributed by atoms with van der Waals surface area (Å²) >= 11 is 1.79. The van der Waals surface area contributed by atoms with Gasteiger partial charge in [-0.15, -0.1) is 0 Å². The molecule has 0 aromatic carbocycles. The van der Waals surface area contributed by atoms with Gasteiger partial charge in [-0.25, -0.2) is 0 Å². The van der Waals surface area contributed by atoms with Crippen LogP contribution in [0.1, 0.15) is 39.2 Å². The van der Waals surface area contributed by atoms with Gasteiger partial charge < -0.3 is 9.73 Å². The third kappa shape index (κ3) is 6.02. The fourth-order valence-electron chi connectivity index (χ4n) is 2.27. The summed E-state index contributed by atoms with van der Waals surface area (Å²) < 4.78 is 5.73. The molecule has 0 aliphatic heterocycles. The minimum atomic E-state index is 0.596. The Morgan fingerprint density at radius 1 is 1.16 bits per heavy atom. The number of nitrogens with one attached hydrogen (secondary N) is 1. The van der Waals surface area contributed by atoms with Gasteiger partial charge in [-0.05, 0) is 46.1 Å². The number of furan rings is 1. The standard InChI is InChI=1S/C15H28N2OS/c1-12(2)17(13(3)4)9-8-16-10-14-6-7-15(18-14)11-19-5/h6-7,12-13,16H,8-11H2,1-5H3. The van der Waals surface area contributed by atoms with Crippen molar-refractivity contribution in [2.45, 2.75) is 52.1 Å². The molecule has 0 radical (unpaired) electrons. The highest BCUT2D eigenvalue weighted by Crippen LogP contribution is 2.13. The zero-order valence-electron chi connectivity index (χ0n) is 12.9. The molecule has 0 saturated carbocycles. The van der Waals surface area contributed by atoms with Crippen LogP contribution in [0.15, 0.2) is 16.5 Å². The molecule has 1 N–H and O–H groups in total. The Morgan fingerprint density at radius 3 is 2.37 bits per heavy atom. The molecule has 0 saturated heterocycles. The van der Waals surface area contributed by atoms with Crippen molar-refractivity contribution in [1.82, 2.24) is 10.2 Å². The number of rotatable bonds is 9. The predicted molar refractivity (Wildman–Crippen MR) is 84.6 cm³/mol. The molecule has 0 fully saturated rings. The van der Waals surface area contributed by atoms with Gasteiger partial charge in [0.25, 0.3) is 0 Å². The van der Waals surface area contributed by atoms with Crippen molar-refractivity contribution in [3.8, 4) is 0 Å². The van der Waals surface area contributed by atoms with Gasteiger partial charge in [-0.1, -0.05) is 0 Å². The van der Waals surface area contributed by atoms with Crippen LogP contribution in [0, 0.1) is 0 Å². The molecule has 1 heterocycles. The van der Waals surface area contributed by atoms with Crippen molar-refractivity contribution in [3.05, 3.63) is 23.7 Å². The van der Waals surface area contributed by atoms with Crippen LogP contribution in [0.2, 0.25) is 0 Å². The van der Waals surface area contributed by atoms with Crippen molar-refractivity contribution in [3.63, 3.8) is 0 Å². The highest BCUT2D eigenvalue weighted by molar-refractivity contribution is 7.97. The molecule has 4 heteroatoms. The number of hydrogen-bond acceptors (Lipinski definition) is 4. The molecule has 110 valence electrons. The average Bonchev–Trinajstić information content (AvgIpc) is 2.76. The van der Waals surface area contributed by atoms with Crippen LogP contribution in [0.3, 0.4) is 0 Å². The van der Waals surface area contributed by atoms with Crippen molar-refractivity contribution in [1.29, 1.82) is 0 Å². The van der Waals surface area contributed by atoms with Gasteiger partial charge in [0.1, 0.15) is 11.5 Å². The highest BCUT2D eigenvalue weighted by atomic mass is 32.2. The van der Waals surface area contributed by atoms with Crippen LogP contribution in [-0.4, -0.2) is 36.3 Å². The Balaban J connectivity index is 2.25. The van der Waals surface area contributed by atoms with Crippen molar-refractivity contribution < 1.29 is 4.42 Å². The topological polar surface area (TPSA) is 28.4 Å². The molecular weight excluding hydrogens is 256 g/mol. The number of hydrogen-bond donors (Lipinski definition) is 1.